The maximum Gasteiger partial charge on any atom is 0.322 e. The molecule has 0 atom stereocenters. The minimum Gasteiger partial charge on any atom is -0.403 e. The van der Waals surface area contributed by atoms with Gasteiger partial charge in [0.1, 0.15) is 0 Å². The van der Waals surface area contributed by atoms with Crippen molar-refractivity contribution in [3.63, 3.8) is 0 Å². The third kappa shape index (κ3) is 5.09. The molecule has 42 heavy (non-hydrogen) atoms. The molecule has 0 spiro atoms. The first-order valence-electron chi connectivity index (χ1n) is 12.2. The van der Waals surface area contributed by atoms with Crippen LogP contribution in [0.4, 0.5) is 24.1 Å². The molecular weight excluding hydrogens is 552 g/mol. The Hall–Kier alpha value is -6.46. The number of aromatic nitrogens is 8. The van der Waals surface area contributed by atoms with Gasteiger partial charge < -0.3 is 28.3 Å². The second-order valence-corrected chi connectivity index (χ2v) is 8.61. The van der Waals surface area contributed by atoms with Gasteiger partial charge in [0.2, 0.25) is 35.4 Å². The molecule has 208 valence electrons. The fourth-order valence-electron chi connectivity index (χ4n) is 3.81. The normalized spacial score (nSPS) is 13.4. The summed E-state index contributed by atoms with van der Waals surface area (Å²) in [6.07, 6.45) is 0. The van der Waals surface area contributed by atoms with Crippen molar-refractivity contribution in [2.45, 2.75) is 0 Å². The van der Waals surface area contributed by atoms with Gasteiger partial charge in [-0.15, -0.1) is 20.4 Å². The molecule has 0 unspecified atom stereocenters. The van der Waals surface area contributed by atoms with Crippen molar-refractivity contribution >= 4 is 35.9 Å². The molecule has 6 aromatic rings. The van der Waals surface area contributed by atoms with Gasteiger partial charge >= 0.3 is 24.1 Å². The highest BCUT2D eigenvalue weighted by Crippen LogP contribution is 2.28. The van der Waals surface area contributed by atoms with Crippen molar-refractivity contribution < 1.29 is 27.3 Å². The topological polar surface area (TPSA) is 238 Å². The largest absolute Gasteiger partial charge is 0.403 e. The summed E-state index contributed by atoms with van der Waals surface area (Å²) >= 11 is 0. The van der Waals surface area contributed by atoms with Crippen LogP contribution in [0.3, 0.4) is 0 Å². The van der Waals surface area contributed by atoms with Crippen LogP contribution in [0.1, 0.15) is 0 Å². The van der Waals surface area contributed by atoms with E-state index in [1.54, 1.807) is 48.5 Å². The first-order valence-corrected chi connectivity index (χ1v) is 12.2. The smallest absolute Gasteiger partial charge is 0.322 e. The van der Waals surface area contributed by atoms with Crippen molar-refractivity contribution in [1.29, 1.82) is 0 Å². The standard InChI is InChI=1S/C24H16N12O6/c37-15-9-25-21-33-29-17(39-21)11-3-1-4-12(7-11)18-30-34-22(40-18)26-10-16(38)28-24-36-32-20(42-24)14-6-2-5-13(8-14)19-31-35-23(27-15)41-19/h1-8H,9-10H2,(H,25,33)(H,26,34)(H,27,35,37)(H,28,36,38). The van der Waals surface area contributed by atoms with Gasteiger partial charge in [0, 0.05) is 22.3 Å². The first kappa shape index (κ1) is 24.6. The van der Waals surface area contributed by atoms with Crippen LogP contribution >= 0.6 is 0 Å². The number of carbonyl (C=O) groups is 2. The van der Waals surface area contributed by atoms with Gasteiger partial charge in [-0.1, -0.05) is 32.5 Å². The molecule has 0 saturated carbocycles. The Balaban J connectivity index is 1.18. The van der Waals surface area contributed by atoms with Crippen molar-refractivity contribution in [3.8, 4) is 45.8 Å². The highest BCUT2D eigenvalue weighted by Gasteiger charge is 2.18. The monoisotopic (exact) mass is 568 g/mol. The summed E-state index contributed by atoms with van der Waals surface area (Å²) in [5, 5.41) is 42.1. The van der Waals surface area contributed by atoms with E-state index in [1.807, 2.05) is 0 Å². The van der Waals surface area contributed by atoms with Crippen LogP contribution in [0.25, 0.3) is 45.8 Å². The van der Waals surface area contributed by atoms with E-state index in [0.29, 0.717) is 22.3 Å². The molecule has 4 aromatic heterocycles. The number of rotatable bonds is 0. The minimum absolute atomic E-state index is 0.0155. The van der Waals surface area contributed by atoms with E-state index < -0.39 is 11.8 Å². The number of carbonyl (C=O) groups excluding carboxylic acids is 2. The molecule has 4 N–H and O–H groups in total. The molecule has 0 fully saturated rings. The molecule has 0 saturated heterocycles. The summed E-state index contributed by atoms with van der Waals surface area (Å²) in [7, 11) is 0. The van der Waals surface area contributed by atoms with Gasteiger partial charge in [-0.25, -0.2) is 0 Å². The lowest BCUT2D eigenvalue weighted by atomic mass is 10.1. The fraction of sp³-hybridized carbons (Fsp3) is 0.0833. The minimum atomic E-state index is -0.497. The van der Waals surface area contributed by atoms with E-state index in [1.165, 1.54) is 0 Å². The lowest BCUT2D eigenvalue weighted by molar-refractivity contribution is -0.115. The number of benzene rings is 2. The van der Waals surface area contributed by atoms with Crippen molar-refractivity contribution in [2.24, 2.45) is 0 Å². The number of nitrogens with zero attached hydrogens (tertiary/aromatic N) is 8. The van der Waals surface area contributed by atoms with Crippen molar-refractivity contribution in [1.82, 2.24) is 40.8 Å². The lowest BCUT2D eigenvalue weighted by Crippen LogP contribution is -2.22. The van der Waals surface area contributed by atoms with Crippen LogP contribution < -0.4 is 21.3 Å². The second-order valence-electron chi connectivity index (χ2n) is 8.61. The van der Waals surface area contributed by atoms with Gasteiger partial charge in [0.05, 0.1) is 13.1 Å². The molecular formula is C24H16N12O6. The maximum absolute atomic E-state index is 12.5. The van der Waals surface area contributed by atoms with Crippen LogP contribution in [0.2, 0.25) is 0 Å². The van der Waals surface area contributed by atoms with Crippen LogP contribution in [-0.4, -0.2) is 65.7 Å². The van der Waals surface area contributed by atoms with E-state index >= 15 is 0 Å². The second kappa shape index (κ2) is 10.3. The molecule has 18 nitrogen and oxygen atoms in total. The third-order valence-corrected chi connectivity index (χ3v) is 5.71. The number of hydrogen-bond acceptors (Lipinski definition) is 16. The van der Waals surface area contributed by atoms with Crippen LogP contribution in [0.5, 0.6) is 0 Å². The van der Waals surface area contributed by atoms with Crippen molar-refractivity contribution in [2.75, 3.05) is 34.4 Å². The highest BCUT2D eigenvalue weighted by atomic mass is 16.4. The summed E-state index contributed by atoms with van der Waals surface area (Å²) in [5.41, 5.74) is 2.17. The van der Waals surface area contributed by atoms with Crippen LogP contribution in [0.15, 0.2) is 66.2 Å². The predicted molar refractivity (Wildman–Crippen MR) is 140 cm³/mol. The van der Waals surface area contributed by atoms with Crippen molar-refractivity contribution in [3.05, 3.63) is 48.5 Å². The molecule has 2 aromatic carbocycles. The number of hydrogen-bond donors (Lipinski definition) is 4. The summed E-state index contributed by atoms with van der Waals surface area (Å²) < 4.78 is 22.4. The summed E-state index contributed by atoms with van der Waals surface area (Å²) in [4.78, 5) is 24.9. The van der Waals surface area contributed by atoms with Gasteiger partial charge in [0.15, 0.2) is 0 Å². The van der Waals surface area contributed by atoms with E-state index in [2.05, 4.69) is 62.1 Å². The fourth-order valence-corrected chi connectivity index (χ4v) is 3.81. The Morgan fingerprint density at radius 2 is 0.810 bits per heavy atom. The van der Waals surface area contributed by atoms with Crippen LogP contribution in [0, 0.1) is 0 Å². The first-order chi connectivity index (χ1) is 20.6. The Bertz CT molecular complexity index is 1790. The van der Waals surface area contributed by atoms with Gasteiger partial charge in [-0.05, 0) is 36.4 Å². The number of amides is 2. The summed E-state index contributed by atoms with van der Waals surface area (Å²) in [5.74, 6) is -0.360. The Morgan fingerprint density at radius 3 is 1.19 bits per heavy atom. The quantitative estimate of drug-likeness (QED) is 0.205. The van der Waals surface area contributed by atoms with Gasteiger partial charge in [-0.3, -0.25) is 20.2 Å². The van der Waals surface area contributed by atoms with E-state index in [9.17, 15) is 9.59 Å². The van der Waals surface area contributed by atoms with Gasteiger partial charge in [-0.2, -0.15) is 0 Å². The van der Waals surface area contributed by atoms with Crippen LogP contribution in [-0.2, 0) is 9.59 Å². The van der Waals surface area contributed by atoms with E-state index in [-0.39, 0.29) is 60.7 Å². The molecule has 1 aliphatic rings. The predicted octanol–water partition coefficient (Wildman–Crippen LogP) is 2.30. The molecule has 2 amide bonds. The molecule has 0 radical (unpaired) electrons. The average molecular weight is 568 g/mol. The Morgan fingerprint density at radius 1 is 0.476 bits per heavy atom. The molecule has 18 heteroatoms. The molecule has 12 bridgehead atoms. The Labute approximate surface area is 233 Å². The number of nitrogens with one attached hydrogen (secondary N) is 4. The van der Waals surface area contributed by atoms with Gasteiger partial charge in [0.25, 0.3) is 0 Å². The lowest BCUT2D eigenvalue weighted by Gasteiger charge is -2.02. The third-order valence-electron chi connectivity index (χ3n) is 5.71. The molecule has 0 aliphatic carbocycles. The SMILES string of the molecule is O=C1CNc2nnc(o2)-c2cccc(c2)-c2nnc(o2)NCC(=O)Nc2nnc(o2)-c2cccc(c2)-c2nnc(o2)N1. The average Bonchev–Trinajstić information content (AvgIpc) is 3.82. The number of fused-ring (bicyclic) bond motifs is 16. The molecule has 7 rings (SSSR count). The zero-order valence-corrected chi connectivity index (χ0v) is 21.1. The maximum atomic E-state index is 12.5. The Kier molecular flexibility index (Phi) is 6.00. The van der Waals surface area contributed by atoms with E-state index in [0.717, 1.165) is 0 Å². The zero-order valence-electron chi connectivity index (χ0n) is 21.1. The number of anilines is 4. The highest BCUT2D eigenvalue weighted by molar-refractivity contribution is 5.92. The zero-order chi connectivity index (χ0) is 28.5. The summed E-state index contributed by atoms with van der Waals surface area (Å²) in [6.45, 7) is -0.439. The summed E-state index contributed by atoms with van der Waals surface area (Å²) in [6, 6.07) is 13.5. The molecule has 5 heterocycles. The van der Waals surface area contributed by atoms with E-state index in [4.69, 9.17) is 17.7 Å². The molecule has 1 aliphatic heterocycles.